The number of nitrogens with zero attached hydrogens (tertiary/aromatic N) is 1. The predicted molar refractivity (Wildman–Crippen MR) is 68.7 cm³/mol. The minimum absolute atomic E-state index is 0.216. The molecule has 2 aromatic rings. The second kappa shape index (κ2) is 4.82. The molecule has 0 amide bonds. The molecule has 0 saturated carbocycles. The number of hydrogen-bond donors (Lipinski definition) is 2. The Morgan fingerprint density at radius 2 is 2.06 bits per heavy atom. The van der Waals surface area contributed by atoms with Gasteiger partial charge in [-0.1, -0.05) is 13.3 Å². The van der Waals surface area contributed by atoms with E-state index in [0.29, 0.717) is 0 Å². The first-order valence-corrected chi connectivity index (χ1v) is 5.64. The lowest BCUT2D eigenvalue weighted by Crippen LogP contribution is -2.14. The average molecular weight is 229 g/mol. The van der Waals surface area contributed by atoms with Gasteiger partial charge in [-0.15, -0.1) is 0 Å². The molecule has 0 bridgehead atoms. The van der Waals surface area contributed by atoms with E-state index in [0.717, 1.165) is 29.7 Å². The quantitative estimate of drug-likeness (QED) is 0.845. The van der Waals surface area contributed by atoms with Crippen LogP contribution in [0.3, 0.4) is 0 Å². The fourth-order valence-electron chi connectivity index (χ4n) is 1.82. The molecule has 2 aromatic heterocycles. The second-order valence-electron chi connectivity index (χ2n) is 3.93. The Morgan fingerprint density at radius 1 is 1.35 bits per heavy atom. The van der Waals surface area contributed by atoms with E-state index < -0.39 is 0 Å². The van der Waals surface area contributed by atoms with Crippen LogP contribution in [0.5, 0.6) is 0 Å². The third kappa shape index (κ3) is 2.36. The number of nitrogens with two attached hydrogens (primary N) is 1. The van der Waals surface area contributed by atoms with E-state index in [1.165, 1.54) is 0 Å². The van der Waals surface area contributed by atoms with Gasteiger partial charge in [0.25, 0.3) is 5.56 Å². The largest absolute Gasteiger partial charge is 0.394 e. The lowest BCUT2D eigenvalue weighted by atomic mass is 10.0. The molecule has 4 heteroatoms. The van der Waals surface area contributed by atoms with Crippen LogP contribution in [0.1, 0.15) is 19.0 Å². The van der Waals surface area contributed by atoms with Crippen LogP contribution in [0.25, 0.3) is 11.1 Å². The Morgan fingerprint density at radius 3 is 2.71 bits per heavy atom. The zero-order valence-corrected chi connectivity index (χ0v) is 9.73. The van der Waals surface area contributed by atoms with Crippen LogP contribution in [0, 0.1) is 0 Å². The van der Waals surface area contributed by atoms with E-state index in [9.17, 15) is 4.79 Å². The Hall–Kier alpha value is -2.10. The first-order valence-electron chi connectivity index (χ1n) is 5.64. The minimum Gasteiger partial charge on any atom is -0.394 e. The Kier molecular flexibility index (Phi) is 3.23. The molecular weight excluding hydrogens is 214 g/mol. The summed E-state index contributed by atoms with van der Waals surface area (Å²) in [6, 6.07) is 5.55. The van der Waals surface area contributed by atoms with Gasteiger partial charge in [-0.25, -0.2) is 0 Å². The van der Waals surface area contributed by atoms with Crippen LogP contribution in [0.4, 0.5) is 5.69 Å². The molecule has 0 aliphatic rings. The van der Waals surface area contributed by atoms with Gasteiger partial charge in [-0.05, 0) is 30.2 Å². The van der Waals surface area contributed by atoms with Crippen LogP contribution in [-0.4, -0.2) is 9.97 Å². The van der Waals surface area contributed by atoms with Crippen molar-refractivity contribution in [2.24, 2.45) is 0 Å². The van der Waals surface area contributed by atoms with E-state index in [4.69, 9.17) is 5.73 Å². The molecule has 0 fully saturated rings. The highest BCUT2D eigenvalue weighted by atomic mass is 16.1. The van der Waals surface area contributed by atoms with E-state index >= 15 is 0 Å². The first kappa shape index (κ1) is 11.4. The SMILES string of the molecule is CCCc1[nH]c(=O)c(N)cc1-c1ccncc1. The fraction of sp³-hybridized carbons (Fsp3) is 0.231. The van der Waals surface area contributed by atoms with Crippen LogP contribution >= 0.6 is 0 Å². The first-order chi connectivity index (χ1) is 8.22. The number of pyridine rings is 2. The highest BCUT2D eigenvalue weighted by molar-refractivity contribution is 5.68. The standard InChI is InChI=1S/C13H15N3O/c1-2-3-12-10(8-11(14)13(17)16-12)9-4-6-15-7-5-9/h4-8H,2-3,14H2,1H3,(H,16,17). The number of aromatic nitrogens is 2. The summed E-state index contributed by atoms with van der Waals surface area (Å²) in [7, 11) is 0. The molecule has 17 heavy (non-hydrogen) atoms. The summed E-state index contributed by atoms with van der Waals surface area (Å²) in [5.74, 6) is 0. The van der Waals surface area contributed by atoms with Crippen molar-refractivity contribution in [1.82, 2.24) is 9.97 Å². The second-order valence-corrected chi connectivity index (χ2v) is 3.93. The Bertz CT molecular complexity index is 561. The lowest BCUT2D eigenvalue weighted by Gasteiger charge is -2.09. The van der Waals surface area contributed by atoms with Crippen molar-refractivity contribution in [2.75, 3.05) is 5.73 Å². The number of hydrogen-bond acceptors (Lipinski definition) is 3. The molecule has 0 atom stereocenters. The molecular formula is C13H15N3O. The third-order valence-electron chi connectivity index (χ3n) is 2.64. The molecule has 88 valence electrons. The average Bonchev–Trinajstić information content (AvgIpc) is 2.35. The number of nitrogens with one attached hydrogen (secondary N) is 1. The van der Waals surface area contributed by atoms with Crippen LogP contribution in [0.15, 0.2) is 35.4 Å². The summed E-state index contributed by atoms with van der Waals surface area (Å²) < 4.78 is 0. The smallest absolute Gasteiger partial charge is 0.271 e. The van der Waals surface area contributed by atoms with E-state index in [-0.39, 0.29) is 11.2 Å². The molecule has 0 aliphatic heterocycles. The van der Waals surface area contributed by atoms with Gasteiger partial charge in [0.05, 0.1) is 5.69 Å². The van der Waals surface area contributed by atoms with Gasteiger partial charge in [0.1, 0.15) is 0 Å². The number of aryl methyl sites for hydroxylation is 1. The molecule has 3 N–H and O–H groups in total. The molecule has 4 nitrogen and oxygen atoms in total. The lowest BCUT2D eigenvalue weighted by molar-refractivity contribution is 0.878. The molecule has 2 rings (SSSR count). The maximum Gasteiger partial charge on any atom is 0.271 e. The minimum atomic E-state index is -0.216. The fourth-order valence-corrected chi connectivity index (χ4v) is 1.82. The number of aromatic amines is 1. The summed E-state index contributed by atoms with van der Waals surface area (Å²) in [5.41, 5.74) is 8.62. The highest BCUT2D eigenvalue weighted by Crippen LogP contribution is 2.23. The zero-order valence-electron chi connectivity index (χ0n) is 9.73. The topological polar surface area (TPSA) is 71.8 Å². The van der Waals surface area contributed by atoms with Crippen molar-refractivity contribution < 1.29 is 0 Å². The van der Waals surface area contributed by atoms with Gasteiger partial charge in [0.15, 0.2) is 0 Å². The number of nitrogen functional groups attached to an aromatic ring is 1. The predicted octanol–water partition coefficient (Wildman–Crippen LogP) is 1.97. The molecule has 0 spiro atoms. The van der Waals surface area contributed by atoms with Crippen LogP contribution in [-0.2, 0) is 6.42 Å². The highest BCUT2D eigenvalue weighted by Gasteiger charge is 2.08. The summed E-state index contributed by atoms with van der Waals surface area (Å²) in [6.45, 7) is 2.07. The number of H-pyrrole nitrogens is 1. The van der Waals surface area contributed by atoms with E-state index in [1.807, 2.05) is 12.1 Å². The van der Waals surface area contributed by atoms with Gasteiger partial charge in [-0.2, -0.15) is 0 Å². The summed E-state index contributed by atoms with van der Waals surface area (Å²) in [4.78, 5) is 18.3. The van der Waals surface area contributed by atoms with Gasteiger partial charge in [0, 0.05) is 23.7 Å². The summed E-state index contributed by atoms with van der Waals surface area (Å²) in [5, 5.41) is 0. The monoisotopic (exact) mass is 229 g/mol. The number of anilines is 1. The van der Waals surface area contributed by atoms with Gasteiger partial charge >= 0.3 is 0 Å². The van der Waals surface area contributed by atoms with E-state index in [2.05, 4.69) is 16.9 Å². The third-order valence-corrected chi connectivity index (χ3v) is 2.64. The van der Waals surface area contributed by atoms with Crippen molar-refractivity contribution in [1.29, 1.82) is 0 Å². The molecule has 0 radical (unpaired) electrons. The van der Waals surface area contributed by atoms with Crippen LogP contribution < -0.4 is 11.3 Å². The Balaban J connectivity index is 2.59. The van der Waals surface area contributed by atoms with Crippen molar-refractivity contribution in [3.63, 3.8) is 0 Å². The Labute approximate surface area is 99.5 Å². The normalized spacial score (nSPS) is 10.4. The molecule has 0 aliphatic carbocycles. The van der Waals surface area contributed by atoms with Gasteiger partial charge in [-0.3, -0.25) is 9.78 Å². The molecule has 0 unspecified atom stereocenters. The van der Waals surface area contributed by atoms with Gasteiger partial charge in [0.2, 0.25) is 0 Å². The van der Waals surface area contributed by atoms with E-state index in [1.54, 1.807) is 18.5 Å². The molecule has 0 saturated heterocycles. The summed E-state index contributed by atoms with van der Waals surface area (Å²) >= 11 is 0. The molecule has 0 aromatic carbocycles. The maximum absolute atomic E-state index is 11.5. The summed E-state index contributed by atoms with van der Waals surface area (Å²) in [6.07, 6.45) is 5.25. The van der Waals surface area contributed by atoms with Crippen molar-refractivity contribution in [2.45, 2.75) is 19.8 Å². The van der Waals surface area contributed by atoms with Crippen molar-refractivity contribution in [3.8, 4) is 11.1 Å². The molecule has 2 heterocycles. The zero-order chi connectivity index (χ0) is 12.3. The number of rotatable bonds is 3. The van der Waals surface area contributed by atoms with Gasteiger partial charge < -0.3 is 10.7 Å². The van der Waals surface area contributed by atoms with Crippen molar-refractivity contribution >= 4 is 5.69 Å². The van der Waals surface area contributed by atoms with Crippen LogP contribution in [0.2, 0.25) is 0 Å². The maximum atomic E-state index is 11.5. The van der Waals surface area contributed by atoms with Crippen molar-refractivity contribution in [3.05, 3.63) is 46.6 Å².